The first kappa shape index (κ1) is 8.15. The molecule has 0 rings (SSSR count). The summed E-state index contributed by atoms with van der Waals surface area (Å²) in [6.07, 6.45) is 3.72. The fourth-order valence-electron chi connectivity index (χ4n) is 0.287. The molecule has 0 fully saturated rings. The molecule has 0 atom stereocenters. The number of hydrogen-bond donors (Lipinski definition) is 0. The van der Waals surface area contributed by atoms with Crippen LogP contribution in [0.3, 0.4) is 0 Å². The maximum Gasteiger partial charge on any atom is 0.0330 e. The van der Waals surface area contributed by atoms with E-state index in [1.165, 1.54) is 0 Å². The minimum Gasteiger partial charge on any atom is -0.262 e. The van der Waals surface area contributed by atoms with Crippen LogP contribution in [0.2, 0.25) is 0 Å². The summed E-state index contributed by atoms with van der Waals surface area (Å²) in [5, 5.41) is 0. The normalized spacial score (nSPS) is 12.6. The quantitative estimate of drug-likeness (QED) is 0.500. The lowest BCUT2D eigenvalue weighted by atomic mass is 10.4. The van der Waals surface area contributed by atoms with Crippen LogP contribution in [0.4, 0.5) is 0 Å². The molecule has 0 saturated heterocycles. The van der Waals surface area contributed by atoms with Gasteiger partial charge in [0.05, 0.1) is 0 Å². The zero-order valence-electron chi connectivity index (χ0n) is 6.31. The van der Waals surface area contributed by atoms with Crippen molar-refractivity contribution in [1.29, 1.82) is 0 Å². The molecule has 50 valence electrons. The molecule has 0 aromatic rings. The molecule has 0 unspecified atom stereocenters. The van der Waals surface area contributed by atoms with Gasteiger partial charge in [-0.2, -0.15) is 0 Å². The summed E-state index contributed by atoms with van der Waals surface area (Å²) < 4.78 is 0. The fraction of sp³-hybridized carbons (Fsp3) is 0.375. The van der Waals surface area contributed by atoms with Crippen LogP contribution in [0.25, 0.3) is 0 Å². The molecule has 0 radical (unpaired) electrons. The van der Waals surface area contributed by atoms with Crippen LogP contribution in [-0.2, 0) is 0 Å². The lowest BCUT2D eigenvalue weighted by molar-refractivity contribution is 1.29. The lowest BCUT2D eigenvalue weighted by Crippen LogP contribution is -1.74. The third-order valence-corrected chi connectivity index (χ3v) is 0.906. The smallest absolute Gasteiger partial charge is 0.0330 e. The van der Waals surface area contributed by atoms with E-state index in [-0.39, 0.29) is 0 Å². The molecule has 0 spiro atoms. The first-order valence-electron chi connectivity index (χ1n) is 2.99. The topological polar surface area (TPSA) is 12.4 Å². The average molecular weight is 123 g/mol. The zero-order valence-corrected chi connectivity index (χ0v) is 6.31. The van der Waals surface area contributed by atoms with E-state index in [2.05, 4.69) is 11.6 Å². The highest BCUT2D eigenvalue weighted by Crippen LogP contribution is 1.92. The Balaban J connectivity index is 3.86. The van der Waals surface area contributed by atoms with E-state index in [4.69, 9.17) is 0 Å². The summed E-state index contributed by atoms with van der Waals surface area (Å²) in [7, 11) is 0. The van der Waals surface area contributed by atoms with Crippen molar-refractivity contribution in [2.75, 3.05) is 0 Å². The van der Waals surface area contributed by atoms with Gasteiger partial charge in [-0.15, -0.1) is 0 Å². The Morgan fingerprint density at radius 2 is 2.00 bits per heavy atom. The molecule has 0 amide bonds. The van der Waals surface area contributed by atoms with Gasteiger partial charge in [-0.25, -0.2) is 0 Å². The van der Waals surface area contributed by atoms with Gasteiger partial charge in [-0.1, -0.05) is 12.7 Å². The Morgan fingerprint density at radius 3 is 2.33 bits per heavy atom. The van der Waals surface area contributed by atoms with E-state index in [0.29, 0.717) is 0 Å². The van der Waals surface area contributed by atoms with Gasteiger partial charge in [0.15, 0.2) is 0 Å². The molecule has 0 aromatic heterocycles. The van der Waals surface area contributed by atoms with Crippen LogP contribution in [-0.4, -0.2) is 6.21 Å². The van der Waals surface area contributed by atoms with Gasteiger partial charge in [-0.05, 0) is 26.3 Å². The molecule has 0 saturated carbocycles. The second kappa shape index (κ2) is 4.07. The average Bonchev–Trinajstić information content (AvgIpc) is 1.83. The first-order chi connectivity index (χ1) is 4.16. The van der Waals surface area contributed by atoms with Crippen molar-refractivity contribution >= 4 is 6.21 Å². The molecule has 0 N–H and O–H groups in total. The molecule has 1 nitrogen and oxygen atoms in total. The van der Waals surface area contributed by atoms with Crippen LogP contribution in [0.1, 0.15) is 20.8 Å². The molecule has 0 heterocycles. The zero-order chi connectivity index (χ0) is 7.28. The SMILES string of the molecule is C=C(C)C=NC(C)=CC. The molecular formula is C8H13N. The molecule has 1 heteroatoms. The number of allylic oxidation sites excluding steroid dienone is 3. The summed E-state index contributed by atoms with van der Waals surface area (Å²) in [5.41, 5.74) is 2.01. The summed E-state index contributed by atoms with van der Waals surface area (Å²) in [5.74, 6) is 0. The summed E-state index contributed by atoms with van der Waals surface area (Å²) >= 11 is 0. The maximum absolute atomic E-state index is 4.08. The van der Waals surface area contributed by atoms with Gasteiger partial charge in [0.1, 0.15) is 0 Å². The Morgan fingerprint density at radius 1 is 1.44 bits per heavy atom. The van der Waals surface area contributed by atoms with Crippen molar-refractivity contribution in [2.24, 2.45) is 4.99 Å². The van der Waals surface area contributed by atoms with Gasteiger partial charge in [0.25, 0.3) is 0 Å². The highest BCUT2D eigenvalue weighted by atomic mass is 14.7. The third-order valence-electron chi connectivity index (χ3n) is 0.906. The predicted octanol–water partition coefficient (Wildman–Crippen LogP) is 2.56. The van der Waals surface area contributed by atoms with E-state index in [9.17, 15) is 0 Å². The van der Waals surface area contributed by atoms with E-state index in [1.807, 2.05) is 26.8 Å². The Kier molecular flexibility index (Phi) is 3.69. The highest BCUT2D eigenvalue weighted by molar-refractivity contribution is 5.77. The Labute approximate surface area is 56.8 Å². The molecule has 0 aromatic carbocycles. The van der Waals surface area contributed by atoms with Crippen molar-refractivity contribution < 1.29 is 0 Å². The lowest BCUT2D eigenvalue weighted by Gasteiger charge is -1.87. The molecule has 0 aliphatic rings. The van der Waals surface area contributed by atoms with Crippen molar-refractivity contribution in [3.63, 3.8) is 0 Å². The molecule has 0 aliphatic carbocycles. The second-order valence-electron chi connectivity index (χ2n) is 2.03. The molecule has 0 aliphatic heterocycles. The summed E-state index contributed by atoms with van der Waals surface area (Å²) in [4.78, 5) is 4.08. The van der Waals surface area contributed by atoms with E-state index in [0.717, 1.165) is 11.3 Å². The largest absolute Gasteiger partial charge is 0.262 e. The van der Waals surface area contributed by atoms with E-state index < -0.39 is 0 Å². The standard InChI is InChI=1S/C8H13N/c1-5-8(4)9-6-7(2)3/h5-6H,2H2,1,3-4H3. The molecular weight excluding hydrogens is 110 g/mol. The van der Waals surface area contributed by atoms with Gasteiger partial charge in [0.2, 0.25) is 0 Å². The van der Waals surface area contributed by atoms with Gasteiger partial charge >= 0.3 is 0 Å². The van der Waals surface area contributed by atoms with Crippen LogP contribution in [0.5, 0.6) is 0 Å². The van der Waals surface area contributed by atoms with E-state index >= 15 is 0 Å². The van der Waals surface area contributed by atoms with Crippen LogP contribution < -0.4 is 0 Å². The minimum atomic E-state index is 0.983. The van der Waals surface area contributed by atoms with Crippen molar-refractivity contribution in [1.82, 2.24) is 0 Å². The second-order valence-corrected chi connectivity index (χ2v) is 2.03. The summed E-state index contributed by atoms with van der Waals surface area (Å²) in [6, 6.07) is 0. The summed E-state index contributed by atoms with van der Waals surface area (Å²) in [6.45, 7) is 9.53. The van der Waals surface area contributed by atoms with E-state index in [1.54, 1.807) is 6.21 Å². The van der Waals surface area contributed by atoms with Crippen LogP contribution in [0, 0.1) is 0 Å². The van der Waals surface area contributed by atoms with Crippen LogP contribution >= 0.6 is 0 Å². The monoisotopic (exact) mass is 123 g/mol. The Hall–Kier alpha value is -0.850. The van der Waals surface area contributed by atoms with Crippen LogP contribution in [0.15, 0.2) is 28.9 Å². The number of hydrogen-bond acceptors (Lipinski definition) is 1. The predicted molar refractivity (Wildman–Crippen MR) is 42.7 cm³/mol. The Bertz CT molecular complexity index is 152. The van der Waals surface area contributed by atoms with Gasteiger partial charge in [-0.3, -0.25) is 4.99 Å². The van der Waals surface area contributed by atoms with Crippen molar-refractivity contribution in [3.8, 4) is 0 Å². The van der Waals surface area contributed by atoms with Gasteiger partial charge < -0.3 is 0 Å². The molecule has 9 heavy (non-hydrogen) atoms. The first-order valence-corrected chi connectivity index (χ1v) is 2.99. The maximum atomic E-state index is 4.08. The number of aliphatic imine (C=N–C) groups is 1. The minimum absolute atomic E-state index is 0.983. The third kappa shape index (κ3) is 5.01. The van der Waals surface area contributed by atoms with Crippen molar-refractivity contribution in [3.05, 3.63) is 23.9 Å². The fourth-order valence-corrected chi connectivity index (χ4v) is 0.287. The van der Waals surface area contributed by atoms with Crippen molar-refractivity contribution in [2.45, 2.75) is 20.8 Å². The number of rotatable bonds is 2. The highest BCUT2D eigenvalue weighted by Gasteiger charge is 1.76. The van der Waals surface area contributed by atoms with Gasteiger partial charge in [0, 0.05) is 11.9 Å². The molecule has 0 bridgehead atoms. The number of nitrogens with zero attached hydrogens (tertiary/aromatic N) is 1.